The fourth-order valence-corrected chi connectivity index (χ4v) is 1.79. The average Bonchev–Trinajstić information content (AvgIpc) is 2.51. The monoisotopic (exact) mass is 350 g/mol. The van der Waals surface area contributed by atoms with Gasteiger partial charge in [0.25, 0.3) is 0 Å². The van der Waals surface area contributed by atoms with Crippen LogP contribution in [0.25, 0.3) is 0 Å². The molecule has 0 bridgehead atoms. The van der Waals surface area contributed by atoms with E-state index in [-0.39, 0.29) is 28.9 Å². The molecule has 24 heavy (non-hydrogen) atoms. The van der Waals surface area contributed by atoms with Crippen molar-refractivity contribution in [3.05, 3.63) is 72.6 Å². The summed E-state index contributed by atoms with van der Waals surface area (Å²) in [6.07, 6.45) is 10.9. The summed E-state index contributed by atoms with van der Waals surface area (Å²) in [5.74, 6) is 0.895. The van der Waals surface area contributed by atoms with Crippen molar-refractivity contribution >= 4 is 17.4 Å². The topological polar surface area (TPSA) is 26.3 Å². The summed E-state index contributed by atoms with van der Waals surface area (Å²) < 4.78 is 5.53. The molecule has 134 valence electrons. The Labute approximate surface area is 152 Å². The second-order valence-electron chi connectivity index (χ2n) is 5.37. The number of ketones is 1. The van der Waals surface area contributed by atoms with Crippen molar-refractivity contribution in [1.29, 1.82) is 0 Å². The zero-order chi connectivity index (χ0) is 19.1. The largest absolute Gasteiger partial charge is 0.486 e. The van der Waals surface area contributed by atoms with Crippen LogP contribution in [0.2, 0.25) is 0 Å². The molecule has 0 N–H and O–H groups in total. The normalized spacial score (nSPS) is 13.1. The van der Waals surface area contributed by atoms with Crippen molar-refractivity contribution in [2.24, 2.45) is 5.92 Å². The van der Waals surface area contributed by atoms with Gasteiger partial charge in [-0.1, -0.05) is 75.6 Å². The molecule has 2 nitrogen and oxygen atoms in total. The summed E-state index contributed by atoms with van der Waals surface area (Å²) in [7, 11) is 0. The van der Waals surface area contributed by atoms with E-state index >= 15 is 0 Å². The van der Waals surface area contributed by atoms with Crippen LogP contribution < -0.4 is 0 Å². The van der Waals surface area contributed by atoms with E-state index in [9.17, 15) is 4.79 Å². The molecule has 0 amide bonds. The molecule has 0 heterocycles. The lowest BCUT2D eigenvalue weighted by atomic mass is 10.1. The summed E-state index contributed by atoms with van der Waals surface area (Å²) in [5, 5.41) is 0.149. The van der Waals surface area contributed by atoms with E-state index in [0.29, 0.717) is 5.76 Å². The van der Waals surface area contributed by atoms with Gasteiger partial charge in [-0.15, -0.1) is 0 Å². The average molecular weight is 351 g/mol. The lowest BCUT2D eigenvalue weighted by molar-refractivity contribution is -0.114. The van der Waals surface area contributed by atoms with Crippen molar-refractivity contribution < 1.29 is 9.53 Å². The molecule has 0 fully saturated rings. The van der Waals surface area contributed by atoms with Gasteiger partial charge in [0.1, 0.15) is 11.9 Å². The number of ether oxygens (including phenoxy) is 1. The lowest BCUT2D eigenvalue weighted by Crippen LogP contribution is -2.10. The predicted molar refractivity (Wildman–Crippen MR) is 107 cm³/mol. The zero-order valence-corrected chi connectivity index (χ0v) is 16.4. The fraction of sp³-hybridized carbons (Fsp3) is 0.381. The molecule has 0 saturated carbocycles. The molecule has 0 aromatic rings. The third-order valence-corrected chi connectivity index (χ3v) is 2.93. The summed E-state index contributed by atoms with van der Waals surface area (Å²) in [4.78, 5) is 12.0. The number of allylic oxidation sites excluding steroid dienone is 7. The first-order chi connectivity index (χ1) is 11.2. The van der Waals surface area contributed by atoms with Crippen LogP contribution in [0.5, 0.6) is 0 Å². The minimum absolute atomic E-state index is 0.149. The third-order valence-electron chi connectivity index (χ3n) is 2.74. The highest BCUT2D eigenvalue weighted by Gasteiger charge is 2.17. The Morgan fingerprint density at radius 1 is 1.17 bits per heavy atom. The van der Waals surface area contributed by atoms with Gasteiger partial charge in [-0.05, 0) is 32.8 Å². The van der Waals surface area contributed by atoms with E-state index < -0.39 is 0 Å². The molecule has 0 saturated heterocycles. The van der Waals surface area contributed by atoms with Gasteiger partial charge < -0.3 is 4.74 Å². The first kappa shape index (κ1) is 24.5. The number of carbonyl (C=O) groups excluding carboxylic acids is 1. The number of rotatable bonds is 9. The standard InChI is InChI=1S/C15H19ClO2.C6H12/c1-6-9-10-13(17)15(12(5)16)14(8-3)18-11(4)7-2;1-4-5-6(2)3/h6-9,11H,2-3,5,10H2,1,4H3;4-6H,1-3H3/b9-6+,15-14-;5-4-. The van der Waals surface area contributed by atoms with Crippen molar-refractivity contribution in [3.63, 3.8) is 0 Å². The molecule has 0 aliphatic carbocycles. The quantitative estimate of drug-likeness (QED) is 0.205. The van der Waals surface area contributed by atoms with Gasteiger partial charge in [-0.3, -0.25) is 4.79 Å². The van der Waals surface area contributed by atoms with Gasteiger partial charge in [0.2, 0.25) is 0 Å². The molecule has 0 aromatic heterocycles. The Kier molecular flexibility index (Phi) is 15.0. The molecule has 0 aliphatic rings. The van der Waals surface area contributed by atoms with Crippen LogP contribution in [0.15, 0.2) is 72.6 Å². The van der Waals surface area contributed by atoms with Gasteiger partial charge in [0.05, 0.1) is 5.57 Å². The molecule has 3 heteroatoms. The van der Waals surface area contributed by atoms with Gasteiger partial charge in [-0.2, -0.15) is 0 Å². The van der Waals surface area contributed by atoms with Crippen molar-refractivity contribution in [2.75, 3.05) is 0 Å². The Bertz CT molecular complexity index is 508. The molecular formula is C21H31ClO2. The van der Waals surface area contributed by atoms with Crippen LogP contribution in [0, 0.1) is 5.92 Å². The second-order valence-corrected chi connectivity index (χ2v) is 5.83. The van der Waals surface area contributed by atoms with Crippen LogP contribution in [0.3, 0.4) is 0 Å². The lowest BCUT2D eigenvalue weighted by Gasteiger charge is -2.15. The second kappa shape index (κ2) is 14.8. The minimum atomic E-state index is -0.237. The maximum atomic E-state index is 12.0. The number of carbonyl (C=O) groups is 1. The first-order valence-electron chi connectivity index (χ1n) is 8.02. The molecule has 0 aromatic carbocycles. The maximum absolute atomic E-state index is 12.0. The molecule has 1 atom stereocenters. The highest BCUT2D eigenvalue weighted by atomic mass is 35.5. The van der Waals surface area contributed by atoms with E-state index in [1.165, 1.54) is 6.08 Å². The maximum Gasteiger partial charge on any atom is 0.171 e. The molecular weight excluding hydrogens is 320 g/mol. The van der Waals surface area contributed by atoms with Gasteiger partial charge in [0, 0.05) is 11.5 Å². The zero-order valence-electron chi connectivity index (χ0n) is 15.6. The van der Waals surface area contributed by atoms with Crippen LogP contribution in [-0.4, -0.2) is 11.9 Å². The van der Waals surface area contributed by atoms with Gasteiger partial charge >= 0.3 is 0 Å². The van der Waals surface area contributed by atoms with E-state index in [0.717, 1.165) is 5.92 Å². The number of hydrogen-bond acceptors (Lipinski definition) is 2. The van der Waals surface area contributed by atoms with E-state index in [1.54, 1.807) is 18.2 Å². The van der Waals surface area contributed by atoms with Crippen LogP contribution in [0.4, 0.5) is 0 Å². The predicted octanol–water partition coefficient (Wildman–Crippen LogP) is 6.52. The Hall–Kier alpha value is -1.80. The number of halogens is 1. The number of hydrogen-bond donors (Lipinski definition) is 0. The molecule has 0 aliphatic heterocycles. The van der Waals surface area contributed by atoms with Gasteiger partial charge in [0.15, 0.2) is 5.78 Å². The van der Waals surface area contributed by atoms with Crippen molar-refractivity contribution in [2.45, 2.75) is 47.1 Å². The summed E-state index contributed by atoms with van der Waals surface area (Å²) in [6.45, 7) is 20.9. The Balaban J connectivity index is 0. The highest BCUT2D eigenvalue weighted by Crippen LogP contribution is 2.22. The number of Topliss-reactive ketones (excluding diaryl/α,β-unsaturated/α-hetero) is 1. The Morgan fingerprint density at radius 3 is 2.04 bits per heavy atom. The third kappa shape index (κ3) is 11.7. The van der Waals surface area contributed by atoms with Crippen LogP contribution >= 0.6 is 11.6 Å². The fourth-order valence-electron chi connectivity index (χ4n) is 1.59. The summed E-state index contributed by atoms with van der Waals surface area (Å²) >= 11 is 5.87. The van der Waals surface area contributed by atoms with Crippen LogP contribution in [0.1, 0.15) is 41.0 Å². The summed E-state index contributed by atoms with van der Waals surface area (Å²) in [5.41, 5.74) is 0.262. The van der Waals surface area contributed by atoms with Crippen molar-refractivity contribution in [1.82, 2.24) is 0 Å². The van der Waals surface area contributed by atoms with E-state index in [4.69, 9.17) is 16.3 Å². The SMILES string of the molecule is C/C=C\C(C)C.C=C/C(OC(C)C=C)=C(\C(=C)Cl)C(=O)C/C=C/C. The Morgan fingerprint density at radius 2 is 1.75 bits per heavy atom. The van der Waals surface area contributed by atoms with Crippen LogP contribution in [-0.2, 0) is 9.53 Å². The molecule has 0 spiro atoms. The molecule has 1 unspecified atom stereocenters. The summed E-state index contributed by atoms with van der Waals surface area (Å²) in [6, 6.07) is 0. The smallest absolute Gasteiger partial charge is 0.171 e. The van der Waals surface area contributed by atoms with E-state index in [2.05, 4.69) is 45.7 Å². The molecule has 0 radical (unpaired) electrons. The van der Waals surface area contributed by atoms with E-state index in [1.807, 2.05) is 20.8 Å². The van der Waals surface area contributed by atoms with Gasteiger partial charge in [-0.25, -0.2) is 0 Å². The minimum Gasteiger partial charge on any atom is -0.486 e. The highest BCUT2D eigenvalue weighted by molar-refractivity contribution is 6.35. The molecule has 0 rings (SSSR count). The van der Waals surface area contributed by atoms with Crippen molar-refractivity contribution in [3.8, 4) is 0 Å². The first-order valence-corrected chi connectivity index (χ1v) is 8.40.